The van der Waals surface area contributed by atoms with Crippen LogP contribution in [0.15, 0.2) is 18.2 Å². The number of hydrogen-bond donors (Lipinski definition) is 1. The lowest BCUT2D eigenvalue weighted by Gasteiger charge is -2.11. The zero-order chi connectivity index (χ0) is 12.3. The van der Waals surface area contributed by atoms with Crippen LogP contribution >= 0.6 is 11.6 Å². The van der Waals surface area contributed by atoms with Gasteiger partial charge in [0.25, 0.3) is 5.91 Å². The molecule has 3 nitrogen and oxygen atoms in total. The van der Waals surface area contributed by atoms with Crippen molar-refractivity contribution in [3.8, 4) is 0 Å². The lowest BCUT2D eigenvalue weighted by Crippen LogP contribution is -2.32. The number of halogens is 2. The molecule has 0 radical (unpaired) electrons. The lowest BCUT2D eigenvalue weighted by atomic mass is 10.2. The first-order valence-electron chi connectivity index (χ1n) is 5.52. The van der Waals surface area contributed by atoms with Gasteiger partial charge in [-0.25, -0.2) is 4.39 Å². The Bertz CT molecular complexity index is 399. The third kappa shape index (κ3) is 2.96. The summed E-state index contributed by atoms with van der Waals surface area (Å²) in [5, 5.41) is 2.75. The Labute approximate surface area is 104 Å². The van der Waals surface area contributed by atoms with Crippen LogP contribution in [-0.4, -0.2) is 25.2 Å². The highest BCUT2D eigenvalue weighted by molar-refractivity contribution is 6.33. The van der Waals surface area contributed by atoms with Gasteiger partial charge in [-0.15, -0.1) is 0 Å². The summed E-state index contributed by atoms with van der Waals surface area (Å²) in [6, 6.07) is 4.17. The quantitative estimate of drug-likeness (QED) is 0.903. The molecular weight excluding hydrogens is 245 g/mol. The maximum Gasteiger partial charge on any atom is 0.255 e. The second kappa shape index (κ2) is 5.47. The molecule has 1 aromatic carbocycles. The van der Waals surface area contributed by atoms with Crippen LogP contribution in [0.4, 0.5) is 4.39 Å². The summed E-state index contributed by atoms with van der Waals surface area (Å²) in [7, 11) is 0. The molecule has 5 heteroatoms. The van der Waals surface area contributed by atoms with E-state index in [1.165, 1.54) is 18.2 Å². The molecule has 1 heterocycles. The van der Waals surface area contributed by atoms with Gasteiger partial charge in [-0.3, -0.25) is 4.79 Å². The normalized spacial score (nSPS) is 19.3. The van der Waals surface area contributed by atoms with Crippen molar-refractivity contribution in [3.05, 3.63) is 34.6 Å². The topological polar surface area (TPSA) is 38.3 Å². The molecule has 1 aromatic rings. The minimum absolute atomic E-state index is 0.0319. The number of rotatable bonds is 3. The molecule has 1 N–H and O–H groups in total. The van der Waals surface area contributed by atoms with Crippen LogP contribution in [0.5, 0.6) is 0 Å². The van der Waals surface area contributed by atoms with Crippen LogP contribution in [0.2, 0.25) is 5.02 Å². The molecule has 1 amide bonds. The van der Waals surface area contributed by atoms with Crippen molar-refractivity contribution in [1.29, 1.82) is 0 Å². The Hall–Kier alpha value is -1.13. The van der Waals surface area contributed by atoms with Gasteiger partial charge in [0.1, 0.15) is 5.82 Å². The molecule has 0 aromatic heterocycles. The molecule has 92 valence electrons. The first kappa shape index (κ1) is 12.3. The zero-order valence-electron chi connectivity index (χ0n) is 9.21. The SMILES string of the molecule is O=C(NCC1CCCO1)c1c(F)cccc1Cl. The highest BCUT2D eigenvalue weighted by atomic mass is 35.5. The van der Waals surface area contributed by atoms with Gasteiger partial charge in [0.2, 0.25) is 0 Å². The summed E-state index contributed by atoms with van der Waals surface area (Å²) in [5.74, 6) is -1.11. The van der Waals surface area contributed by atoms with Crippen LogP contribution in [-0.2, 0) is 4.74 Å². The van der Waals surface area contributed by atoms with Gasteiger partial charge in [-0.2, -0.15) is 0 Å². The van der Waals surface area contributed by atoms with Crippen molar-refractivity contribution in [3.63, 3.8) is 0 Å². The van der Waals surface area contributed by atoms with E-state index in [4.69, 9.17) is 16.3 Å². The number of ether oxygens (including phenoxy) is 1. The second-order valence-corrected chi connectivity index (χ2v) is 4.35. The Morgan fingerprint density at radius 3 is 3.06 bits per heavy atom. The van der Waals surface area contributed by atoms with Crippen LogP contribution in [0.1, 0.15) is 23.2 Å². The van der Waals surface area contributed by atoms with Crippen molar-refractivity contribution >= 4 is 17.5 Å². The molecule has 0 aliphatic carbocycles. The van der Waals surface area contributed by atoms with Crippen molar-refractivity contribution in [2.75, 3.05) is 13.2 Å². The summed E-state index contributed by atoms with van der Waals surface area (Å²) in [4.78, 5) is 11.8. The molecule has 1 atom stereocenters. The molecule has 17 heavy (non-hydrogen) atoms. The molecular formula is C12H13ClFNO2. The predicted molar refractivity (Wildman–Crippen MR) is 62.7 cm³/mol. The summed E-state index contributed by atoms with van der Waals surface area (Å²) in [6.45, 7) is 1.12. The smallest absolute Gasteiger partial charge is 0.255 e. The number of carbonyl (C=O) groups excluding carboxylic acids is 1. The van der Waals surface area contributed by atoms with Gasteiger partial charge in [0.15, 0.2) is 0 Å². The summed E-state index contributed by atoms with van der Waals surface area (Å²) in [6.07, 6.45) is 1.95. The number of carbonyl (C=O) groups is 1. The first-order valence-corrected chi connectivity index (χ1v) is 5.90. The molecule has 0 saturated carbocycles. The maximum absolute atomic E-state index is 13.4. The summed E-state index contributed by atoms with van der Waals surface area (Å²) in [5.41, 5.74) is -0.104. The standard InChI is InChI=1S/C12H13ClFNO2/c13-9-4-1-5-10(14)11(9)12(16)15-7-8-3-2-6-17-8/h1,4-5,8H,2-3,6-7H2,(H,15,16). The van der Waals surface area contributed by atoms with E-state index in [1.54, 1.807) is 0 Å². The fraction of sp³-hybridized carbons (Fsp3) is 0.417. The molecule has 1 unspecified atom stereocenters. The second-order valence-electron chi connectivity index (χ2n) is 3.94. The molecule has 2 rings (SSSR count). The average Bonchev–Trinajstić information content (AvgIpc) is 2.79. The average molecular weight is 258 g/mol. The lowest BCUT2D eigenvalue weighted by molar-refractivity contribution is 0.0854. The Morgan fingerprint density at radius 2 is 2.41 bits per heavy atom. The van der Waals surface area contributed by atoms with Crippen LogP contribution < -0.4 is 5.32 Å². The minimum Gasteiger partial charge on any atom is -0.376 e. The number of benzene rings is 1. The van der Waals surface area contributed by atoms with Gasteiger partial charge in [-0.05, 0) is 25.0 Å². The van der Waals surface area contributed by atoms with Crippen LogP contribution in [0.25, 0.3) is 0 Å². The van der Waals surface area contributed by atoms with E-state index in [-0.39, 0.29) is 16.7 Å². The maximum atomic E-state index is 13.4. The van der Waals surface area contributed by atoms with E-state index < -0.39 is 11.7 Å². The summed E-state index contributed by atoms with van der Waals surface area (Å²) >= 11 is 5.79. The molecule has 1 fully saturated rings. The highest BCUT2D eigenvalue weighted by Gasteiger charge is 2.19. The van der Waals surface area contributed by atoms with E-state index in [0.717, 1.165) is 19.4 Å². The number of hydrogen-bond acceptors (Lipinski definition) is 2. The highest BCUT2D eigenvalue weighted by Crippen LogP contribution is 2.19. The number of nitrogens with one attached hydrogen (secondary N) is 1. The molecule has 1 saturated heterocycles. The predicted octanol–water partition coefficient (Wildman–Crippen LogP) is 2.39. The van der Waals surface area contributed by atoms with E-state index in [0.29, 0.717) is 6.54 Å². The third-order valence-corrected chi connectivity index (χ3v) is 3.02. The van der Waals surface area contributed by atoms with Gasteiger partial charge < -0.3 is 10.1 Å². The van der Waals surface area contributed by atoms with Gasteiger partial charge in [-0.1, -0.05) is 17.7 Å². The molecule has 0 bridgehead atoms. The molecule has 1 aliphatic heterocycles. The molecule has 0 spiro atoms. The van der Waals surface area contributed by atoms with E-state index in [1.807, 2.05) is 0 Å². The first-order chi connectivity index (χ1) is 8.18. The largest absolute Gasteiger partial charge is 0.376 e. The van der Waals surface area contributed by atoms with Crippen molar-refractivity contribution in [1.82, 2.24) is 5.32 Å². The number of amides is 1. The Balaban J connectivity index is 1.99. The zero-order valence-corrected chi connectivity index (χ0v) is 9.97. The van der Waals surface area contributed by atoms with Crippen molar-refractivity contribution in [2.24, 2.45) is 0 Å². The van der Waals surface area contributed by atoms with E-state index in [2.05, 4.69) is 5.32 Å². The van der Waals surface area contributed by atoms with Crippen LogP contribution in [0.3, 0.4) is 0 Å². The fourth-order valence-electron chi connectivity index (χ4n) is 1.81. The van der Waals surface area contributed by atoms with Gasteiger partial charge >= 0.3 is 0 Å². The fourth-order valence-corrected chi connectivity index (χ4v) is 2.06. The van der Waals surface area contributed by atoms with Crippen molar-refractivity contribution < 1.29 is 13.9 Å². The van der Waals surface area contributed by atoms with Gasteiger partial charge in [0, 0.05) is 13.2 Å². The van der Waals surface area contributed by atoms with Gasteiger partial charge in [0.05, 0.1) is 16.7 Å². The van der Waals surface area contributed by atoms with Crippen molar-refractivity contribution in [2.45, 2.75) is 18.9 Å². The third-order valence-electron chi connectivity index (χ3n) is 2.70. The monoisotopic (exact) mass is 257 g/mol. The summed E-state index contributed by atoms with van der Waals surface area (Å²) < 4.78 is 18.8. The molecule has 1 aliphatic rings. The Kier molecular flexibility index (Phi) is 3.97. The van der Waals surface area contributed by atoms with E-state index >= 15 is 0 Å². The Morgan fingerprint density at radius 1 is 1.59 bits per heavy atom. The minimum atomic E-state index is -0.609. The van der Waals surface area contributed by atoms with Crippen LogP contribution in [0, 0.1) is 5.82 Å². The van der Waals surface area contributed by atoms with E-state index in [9.17, 15) is 9.18 Å².